The van der Waals surface area contributed by atoms with Gasteiger partial charge in [-0.3, -0.25) is 14.6 Å². The zero-order valence-electron chi connectivity index (χ0n) is 21.3. The molecule has 1 amide bonds. The molecule has 1 aromatic heterocycles. The standard InChI is InChI=1S/C27H34N4O4S2/c1-21-6-11-24-25(20-21)36-27(28-24)31(15-5-12-29-16-18-35-19-17-29)26(32)22-7-9-23(10-8-22)37(33,34)30-13-3-2-4-14-30/h6-11,20H,2-5,12-19H2,1H3. The first-order chi connectivity index (χ1) is 17.9. The zero-order chi connectivity index (χ0) is 25.8. The number of amides is 1. The predicted octanol–water partition coefficient (Wildman–Crippen LogP) is 4.15. The molecule has 0 radical (unpaired) electrons. The van der Waals surface area contributed by atoms with Crippen molar-refractivity contribution >= 4 is 42.6 Å². The van der Waals surface area contributed by atoms with E-state index in [1.165, 1.54) is 11.3 Å². The summed E-state index contributed by atoms with van der Waals surface area (Å²) in [7, 11) is -3.54. The highest BCUT2D eigenvalue weighted by molar-refractivity contribution is 7.89. The van der Waals surface area contributed by atoms with Gasteiger partial charge >= 0.3 is 0 Å². The SMILES string of the molecule is Cc1ccc2nc(N(CCCN3CCOCC3)C(=O)c3ccc(S(=O)(=O)N4CCCCC4)cc3)sc2c1. The van der Waals surface area contributed by atoms with Crippen LogP contribution in [0.1, 0.15) is 41.6 Å². The Balaban J connectivity index is 1.37. The Morgan fingerprint density at radius 1 is 1.03 bits per heavy atom. The summed E-state index contributed by atoms with van der Waals surface area (Å²) in [5, 5.41) is 0.664. The summed E-state index contributed by atoms with van der Waals surface area (Å²) in [6.07, 6.45) is 3.64. The number of aryl methyl sites for hydroxylation is 1. The minimum absolute atomic E-state index is 0.167. The molecule has 3 heterocycles. The molecule has 0 atom stereocenters. The molecule has 0 unspecified atom stereocenters. The van der Waals surface area contributed by atoms with Gasteiger partial charge in [-0.25, -0.2) is 13.4 Å². The van der Waals surface area contributed by atoms with E-state index < -0.39 is 10.0 Å². The Hall–Kier alpha value is -2.37. The number of carbonyl (C=O) groups is 1. The van der Waals surface area contributed by atoms with Gasteiger partial charge in [0.15, 0.2) is 5.13 Å². The van der Waals surface area contributed by atoms with Crippen LogP contribution in [-0.4, -0.2) is 81.0 Å². The molecule has 198 valence electrons. The maximum Gasteiger partial charge on any atom is 0.260 e. The molecule has 37 heavy (non-hydrogen) atoms. The van der Waals surface area contributed by atoms with Gasteiger partial charge in [-0.2, -0.15) is 4.31 Å². The maximum atomic E-state index is 13.7. The van der Waals surface area contributed by atoms with Gasteiger partial charge in [0.25, 0.3) is 5.91 Å². The molecular weight excluding hydrogens is 508 g/mol. The number of hydrogen-bond donors (Lipinski definition) is 0. The molecule has 8 nitrogen and oxygen atoms in total. The van der Waals surface area contributed by atoms with Gasteiger partial charge in [0.2, 0.25) is 10.0 Å². The summed E-state index contributed by atoms with van der Waals surface area (Å²) >= 11 is 1.51. The van der Waals surface area contributed by atoms with Crippen LogP contribution in [0.2, 0.25) is 0 Å². The molecule has 0 bridgehead atoms. The lowest BCUT2D eigenvalue weighted by molar-refractivity contribution is 0.0376. The molecule has 2 aliphatic rings. The molecule has 2 aromatic carbocycles. The minimum Gasteiger partial charge on any atom is -0.379 e. The summed E-state index contributed by atoms with van der Waals surface area (Å²) in [6, 6.07) is 12.5. The van der Waals surface area contributed by atoms with Gasteiger partial charge in [0, 0.05) is 44.8 Å². The van der Waals surface area contributed by atoms with Crippen molar-refractivity contribution in [1.82, 2.24) is 14.2 Å². The van der Waals surface area contributed by atoms with E-state index in [1.807, 2.05) is 19.1 Å². The third-order valence-electron chi connectivity index (χ3n) is 7.02. The predicted molar refractivity (Wildman–Crippen MR) is 147 cm³/mol. The molecule has 0 saturated carbocycles. The van der Waals surface area contributed by atoms with Crippen molar-refractivity contribution in [2.24, 2.45) is 0 Å². The number of nitrogens with zero attached hydrogens (tertiary/aromatic N) is 4. The molecular formula is C27H34N4O4S2. The van der Waals surface area contributed by atoms with Gasteiger partial charge < -0.3 is 4.74 Å². The second-order valence-corrected chi connectivity index (χ2v) is 12.7. The van der Waals surface area contributed by atoms with Crippen LogP contribution in [0.4, 0.5) is 5.13 Å². The Bertz CT molecular complexity index is 1330. The van der Waals surface area contributed by atoms with Crippen LogP contribution in [0.15, 0.2) is 47.4 Å². The normalized spacial score (nSPS) is 17.8. The Kier molecular flexibility index (Phi) is 8.21. The monoisotopic (exact) mass is 542 g/mol. The maximum absolute atomic E-state index is 13.7. The number of sulfonamides is 1. The van der Waals surface area contributed by atoms with Crippen molar-refractivity contribution < 1.29 is 17.9 Å². The van der Waals surface area contributed by atoms with E-state index in [1.54, 1.807) is 33.5 Å². The van der Waals surface area contributed by atoms with Crippen molar-refractivity contribution in [2.75, 3.05) is 57.4 Å². The van der Waals surface area contributed by atoms with Gasteiger partial charge in [0.05, 0.1) is 28.3 Å². The molecule has 3 aromatic rings. The fraction of sp³-hybridized carbons (Fsp3) is 0.481. The highest BCUT2D eigenvalue weighted by atomic mass is 32.2. The average Bonchev–Trinajstić information content (AvgIpc) is 3.34. The van der Waals surface area contributed by atoms with E-state index in [-0.39, 0.29) is 10.8 Å². The topological polar surface area (TPSA) is 83.0 Å². The number of carbonyl (C=O) groups excluding carboxylic acids is 1. The van der Waals surface area contributed by atoms with E-state index in [2.05, 4.69) is 11.0 Å². The number of morpholine rings is 1. The van der Waals surface area contributed by atoms with E-state index in [9.17, 15) is 13.2 Å². The number of aromatic nitrogens is 1. The van der Waals surface area contributed by atoms with E-state index in [0.717, 1.165) is 74.3 Å². The van der Waals surface area contributed by atoms with Gasteiger partial charge in [-0.05, 0) is 68.1 Å². The fourth-order valence-electron chi connectivity index (χ4n) is 4.88. The number of thiazole rings is 1. The van der Waals surface area contributed by atoms with Crippen LogP contribution in [0.3, 0.4) is 0 Å². The molecule has 2 fully saturated rings. The second kappa shape index (κ2) is 11.6. The quantitative estimate of drug-likeness (QED) is 0.425. The van der Waals surface area contributed by atoms with Crippen molar-refractivity contribution in [1.29, 1.82) is 0 Å². The van der Waals surface area contributed by atoms with Gasteiger partial charge in [-0.1, -0.05) is 23.8 Å². The Labute approximate surface area is 222 Å². The van der Waals surface area contributed by atoms with Crippen molar-refractivity contribution in [2.45, 2.75) is 37.5 Å². The third kappa shape index (κ3) is 6.04. The second-order valence-electron chi connectivity index (χ2n) is 9.72. The van der Waals surface area contributed by atoms with E-state index >= 15 is 0 Å². The number of hydrogen-bond acceptors (Lipinski definition) is 7. The van der Waals surface area contributed by atoms with Crippen molar-refractivity contribution in [3.63, 3.8) is 0 Å². The smallest absolute Gasteiger partial charge is 0.260 e. The molecule has 0 N–H and O–H groups in total. The summed E-state index contributed by atoms with van der Waals surface area (Å²) in [6.45, 7) is 7.85. The summed E-state index contributed by atoms with van der Waals surface area (Å²) in [4.78, 5) is 22.8. The fourth-order valence-corrected chi connectivity index (χ4v) is 7.48. The lowest BCUT2D eigenvalue weighted by Crippen LogP contribution is -2.39. The van der Waals surface area contributed by atoms with Crippen LogP contribution in [0, 0.1) is 6.92 Å². The lowest BCUT2D eigenvalue weighted by atomic mass is 10.2. The number of ether oxygens (including phenoxy) is 1. The molecule has 5 rings (SSSR count). The summed E-state index contributed by atoms with van der Waals surface area (Å²) < 4.78 is 34.1. The largest absolute Gasteiger partial charge is 0.379 e. The number of piperidine rings is 1. The van der Waals surface area contributed by atoms with E-state index in [0.29, 0.717) is 30.3 Å². The van der Waals surface area contributed by atoms with Crippen molar-refractivity contribution in [3.05, 3.63) is 53.6 Å². The minimum atomic E-state index is -3.54. The number of benzene rings is 2. The average molecular weight is 543 g/mol. The Morgan fingerprint density at radius 2 is 1.76 bits per heavy atom. The summed E-state index contributed by atoms with van der Waals surface area (Å²) in [5.41, 5.74) is 2.48. The molecule has 0 spiro atoms. The number of rotatable bonds is 8. The van der Waals surface area contributed by atoms with Crippen LogP contribution < -0.4 is 4.90 Å². The highest BCUT2D eigenvalue weighted by Gasteiger charge is 2.27. The highest BCUT2D eigenvalue weighted by Crippen LogP contribution is 2.31. The van der Waals surface area contributed by atoms with Crippen LogP contribution in [0.25, 0.3) is 10.2 Å². The van der Waals surface area contributed by atoms with Crippen molar-refractivity contribution in [3.8, 4) is 0 Å². The van der Waals surface area contributed by atoms with Crippen LogP contribution in [0.5, 0.6) is 0 Å². The molecule has 0 aliphatic carbocycles. The number of anilines is 1. The number of fused-ring (bicyclic) bond motifs is 1. The van der Waals surface area contributed by atoms with Gasteiger partial charge in [0.1, 0.15) is 0 Å². The first-order valence-corrected chi connectivity index (χ1v) is 15.3. The summed E-state index contributed by atoms with van der Waals surface area (Å²) in [5.74, 6) is -0.167. The first-order valence-electron chi connectivity index (χ1n) is 13.0. The molecule has 2 saturated heterocycles. The molecule has 10 heteroatoms. The van der Waals surface area contributed by atoms with E-state index in [4.69, 9.17) is 9.72 Å². The van der Waals surface area contributed by atoms with Crippen LogP contribution in [-0.2, 0) is 14.8 Å². The Morgan fingerprint density at radius 3 is 2.49 bits per heavy atom. The first kappa shape index (κ1) is 26.2. The third-order valence-corrected chi connectivity index (χ3v) is 9.98. The molecule has 2 aliphatic heterocycles. The van der Waals surface area contributed by atoms with Crippen LogP contribution >= 0.6 is 11.3 Å². The zero-order valence-corrected chi connectivity index (χ0v) is 22.9. The van der Waals surface area contributed by atoms with Gasteiger partial charge in [-0.15, -0.1) is 0 Å². The lowest BCUT2D eigenvalue weighted by Gasteiger charge is -2.28.